The van der Waals surface area contributed by atoms with Gasteiger partial charge in [-0.2, -0.15) is 0 Å². The molecule has 1 unspecified atom stereocenters. The molecule has 1 heterocycles. The Morgan fingerprint density at radius 1 is 0.909 bits per heavy atom. The van der Waals surface area contributed by atoms with Gasteiger partial charge >= 0.3 is 0 Å². The summed E-state index contributed by atoms with van der Waals surface area (Å²) in [5.41, 5.74) is 4.24. The first-order valence-electron chi connectivity index (χ1n) is 8.13. The monoisotopic (exact) mass is 292 g/mol. The van der Waals surface area contributed by atoms with Crippen molar-refractivity contribution in [1.29, 1.82) is 0 Å². The summed E-state index contributed by atoms with van der Waals surface area (Å²) in [7, 11) is 0. The molecule has 1 fully saturated rings. The number of piperazine rings is 1. The number of hydrogen-bond acceptors (Lipinski definition) is 2. The fourth-order valence-corrected chi connectivity index (χ4v) is 2.95. The lowest BCUT2D eigenvalue weighted by Crippen LogP contribution is -2.49. The fourth-order valence-electron chi connectivity index (χ4n) is 2.95. The number of allylic oxidation sites excluding steroid dienone is 1. The average molecular weight is 292 g/mol. The Morgan fingerprint density at radius 2 is 1.59 bits per heavy atom. The second-order valence-electron chi connectivity index (χ2n) is 5.84. The standard InChI is InChI=1S/C20H24N2/c1-3-7-17(8-4-1)11-12-19(20-16-21-13-14-22-20)15-18-9-5-2-6-10-18/h1-10,12,20-22H,11,13-16H2. The van der Waals surface area contributed by atoms with E-state index in [1.165, 1.54) is 16.7 Å². The lowest BCUT2D eigenvalue weighted by molar-refractivity contribution is 0.451. The minimum Gasteiger partial charge on any atom is -0.314 e. The van der Waals surface area contributed by atoms with Gasteiger partial charge in [0, 0.05) is 25.7 Å². The van der Waals surface area contributed by atoms with Crippen molar-refractivity contribution in [2.75, 3.05) is 19.6 Å². The molecular weight excluding hydrogens is 268 g/mol. The molecule has 3 rings (SSSR count). The van der Waals surface area contributed by atoms with E-state index in [0.717, 1.165) is 32.5 Å². The normalized spacial score (nSPS) is 19.1. The van der Waals surface area contributed by atoms with Crippen molar-refractivity contribution in [2.45, 2.75) is 18.9 Å². The average Bonchev–Trinajstić information content (AvgIpc) is 2.61. The van der Waals surface area contributed by atoms with E-state index < -0.39 is 0 Å². The molecule has 2 N–H and O–H groups in total. The van der Waals surface area contributed by atoms with Gasteiger partial charge in [0.25, 0.3) is 0 Å². The molecule has 1 aliphatic rings. The topological polar surface area (TPSA) is 24.1 Å². The van der Waals surface area contributed by atoms with Crippen LogP contribution in [0, 0.1) is 0 Å². The highest BCUT2D eigenvalue weighted by Gasteiger charge is 2.16. The molecule has 2 heteroatoms. The van der Waals surface area contributed by atoms with Crippen LogP contribution in [0.4, 0.5) is 0 Å². The van der Waals surface area contributed by atoms with Gasteiger partial charge in [-0.05, 0) is 24.0 Å². The van der Waals surface area contributed by atoms with Crippen LogP contribution in [0.3, 0.4) is 0 Å². The summed E-state index contributed by atoms with van der Waals surface area (Å²) in [6.07, 6.45) is 4.43. The largest absolute Gasteiger partial charge is 0.314 e. The minimum atomic E-state index is 0.442. The van der Waals surface area contributed by atoms with Gasteiger partial charge in [0.1, 0.15) is 0 Å². The molecule has 0 aromatic heterocycles. The van der Waals surface area contributed by atoms with Gasteiger partial charge in [0.15, 0.2) is 0 Å². The van der Waals surface area contributed by atoms with Gasteiger partial charge in [0.05, 0.1) is 0 Å². The highest BCUT2D eigenvalue weighted by molar-refractivity contribution is 5.27. The Labute approximate surface area is 133 Å². The highest BCUT2D eigenvalue weighted by atomic mass is 15.1. The molecule has 0 aliphatic carbocycles. The molecule has 114 valence electrons. The molecule has 1 aliphatic heterocycles. The molecule has 2 aromatic rings. The van der Waals surface area contributed by atoms with E-state index in [-0.39, 0.29) is 0 Å². The maximum atomic E-state index is 3.64. The Bertz CT molecular complexity index is 584. The van der Waals surface area contributed by atoms with Crippen molar-refractivity contribution in [3.8, 4) is 0 Å². The Morgan fingerprint density at radius 3 is 2.23 bits per heavy atom. The van der Waals surface area contributed by atoms with Gasteiger partial charge in [-0.15, -0.1) is 0 Å². The van der Waals surface area contributed by atoms with Crippen LogP contribution in [-0.4, -0.2) is 25.7 Å². The van der Waals surface area contributed by atoms with Crippen molar-refractivity contribution in [1.82, 2.24) is 10.6 Å². The summed E-state index contributed by atoms with van der Waals surface area (Å²) in [4.78, 5) is 0. The Hall–Kier alpha value is -1.90. The number of nitrogens with one attached hydrogen (secondary N) is 2. The number of rotatable bonds is 5. The molecule has 2 nitrogen and oxygen atoms in total. The molecule has 1 saturated heterocycles. The van der Waals surface area contributed by atoms with Crippen LogP contribution in [-0.2, 0) is 12.8 Å². The van der Waals surface area contributed by atoms with Crippen molar-refractivity contribution in [2.24, 2.45) is 0 Å². The van der Waals surface area contributed by atoms with Crippen molar-refractivity contribution >= 4 is 0 Å². The van der Waals surface area contributed by atoms with E-state index >= 15 is 0 Å². The maximum absolute atomic E-state index is 3.64. The summed E-state index contributed by atoms with van der Waals surface area (Å²) < 4.78 is 0. The molecule has 0 amide bonds. The molecule has 0 spiro atoms. The molecule has 0 radical (unpaired) electrons. The molecule has 2 aromatic carbocycles. The zero-order chi connectivity index (χ0) is 15.0. The Kier molecular flexibility index (Phi) is 5.41. The zero-order valence-electron chi connectivity index (χ0n) is 13.0. The van der Waals surface area contributed by atoms with E-state index in [4.69, 9.17) is 0 Å². The number of benzene rings is 2. The lowest BCUT2D eigenvalue weighted by Gasteiger charge is -2.27. The molecule has 1 atom stereocenters. The highest BCUT2D eigenvalue weighted by Crippen LogP contribution is 2.14. The number of hydrogen-bond donors (Lipinski definition) is 2. The smallest absolute Gasteiger partial charge is 0.0409 e. The summed E-state index contributed by atoms with van der Waals surface area (Å²) in [6, 6.07) is 21.9. The van der Waals surface area contributed by atoms with Crippen LogP contribution in [0.2, 0.25) is 0 Å². The van der Waals surface area contributed by atoms with Crippen molar-refractivity contribution < 1.29 is 0 Å². The summed E-state index contributed by atoms with van der Waals surface area (Å²) >= 11 is 0. The van der Waals surface area contributed by atoms with Crippen LogP contribution < -0.4 is 10.6 Å². The predicted molar refractivity (Wildman–Crippen MR) is 93.0 cm³/mol. The molecule has 22 heavy (non-hydrogen) atoms. The zero-order valence-corrected chi connectivity index (χ0v) is 13.0. The minimum absolute atomic E-state index is 0.442. The van der Waals surface area contributed by atoms with Crippen molar-refractivity contribution in [3.63, 3.8) is 0 Å². The third kappa shape index (κ3) is 4.30. The van der Waals surface area contributed by atoms with E-state index in [9.17, 15) is 0 Å². The first-order valence-corrected chi connectivity index (χ1v) is 8.13. The molecule has 0 bridgehead atoms. The second-order valence-corrected chi connectivity index (χ2v) is 5.84. The molecular formula is C20H24N2. The fraction of sp³-hybridized carbons (Fsp3) is 0.300. The van der Waals surface area contributed by atoms with Crippen LogP contribution in [0.25, 0.3) is 0 Å². The van der Waals surface area contributed by atoms with E-state index in [0.29, 0.717) is 6.04 Å². The summed E-state index contributed by atoms with van der Waals surface area (Å²) in [5, 5.41) is 7.14. The van der Waals surface area contributed by atoms with Gasteiger partial charge in [-0.25, -0.2) is 0 Å². The lowest BCUT2D eigenvalue weighted by atomic mass is 9.95. The van der Waals surface area contributed by atoms with Crippen LogP contribution >= 0.6 is 0 Å². The summed E-state index contributed by atoms with van der Waals surface area (Å²) in [6.45, 7) is 3.13. The third-order valence-corrected chi connectivity index (χ3v) is 4.18. The summed E-state index contributed by atoms with van der Waals surface area (Å²) in [5.74, 6) is 0. The van der Waals surface area contributed by atoms with Gasteiger partial charge in [0.2, 0.25) is 0 Å². The Balaban J connectivity index is 1.75. The quantitative estimate of drug-likeness (QED) is 0.828. The maximum Gasteiger partial charge on any atom is 0.0409 e. The predicted octanol–water partition coefficient (Wildman–Crippen LogP) is 2.96. The second kappa shape index (κ2) is 7.92. The third-order valence-electron chi connectivity index (χ3n) is 4.18. The van der Waals surface area contributed by atoms with Crippen molar-refractivity contribution in [3.05, 3.63) is 83.4 Å². The van der Waals surface area contributed by atoms with Crippen LogP contribution in [0.5, 0.6) is 0 Å². The van der Waals surface area contributed by atoms with Gasteiger partial charge < -0.3 is 10.6 Å². The van der Waals surface area contributed by atoms with E-state index in [2.05, 4.69) is 77.4 Å². The van der Waals surface area contributed by atoms with Gasteiger partial charge in [-0.1, -0.05) is 72.3 Å². The van der Waals surface area contributed by atoms with E-state index in [1.54, 1.807) is 0 Å². The van der Waals surface area contributed by atoms with Crippen LogP contribution in [0.1, 0.15) is 11.1 Å². The SMILES string of the molecule is C(Cc1ccccc1)=C(Cc1ccccc1)C1CNCCN1. The van der Waals surface area contributed by atoms with Gasteiger partial charge in [-0.3, -0.25) is 0 Å². The van der Waals surface area contributed by atoms with E-state index in [1.807, 2.05) is 0 Å². The van der Waals surface area contributed by atoms with Crippen LogP contribution in [0.15, 0.2) is 72.3 Å². The first-order chi connectivity index (χ1) is 10.9. The first kappa shape index (κ1) is 15.0. The molecule has 0 saturated carbocycles.